The van der Waals surface area contributed by atoms with Crippen molar-refractivity contribution in [3.05, 3.63) is 0 Å². The van der Waals surface area contributed by atoms with Crippen molar-refractivity contribution in [2.75, 3.05) is 0 Å². The molecule has 7 heteroatoms. The van der Waals surface area contributed by atoms with Gasteiger partial charge in [0.05, 0.1) is 0 Å². The maximum atomic E-state index is 10.4. The smallest absolute Gasteiger partial charge is 0.138 e. The molecule has 3 radical (unpaired) electrons. The monoisotopic (exact) mass is 327 g/mol. The SMILES string of the molecule is CCCC(=O)CC(=O)[O-].CCCC(=O)CC(=O)[O-].[Ga]. The molecular weight excluding hydrogens is 310 g/mol. The number of aliphatic carboxylic acids is 2. The minimum absolute atomic E-state index is 0. The van der Waals surface area contributed by atoms with E-state index >= 15 is 0 Å². The number of carbonyl (C=O) groups excluding carboxylic acids is 4. The Morgan fingerprint density at radius 3 is 1.16 bits per heavy atom. The molecule has 0 aliphatic rings. The molecule has 0 fully saturated rings. The minimum Gasteiger partial charge on any atom is -0.550 e. The molecule has 0 spiro atoms. The molecule has 0 amide bonds. The molecule has 0 N–H and O–H groups in total. The summed E-state index contributed by atoms with van der Waals surface area (Å²) >= 11 is 0. The number of Topliss-reactive ketones (excluding diaryl/α,β-unsaturated/α-hetero) is 2. The summed E-state index contributed by atoms with van der Waals surface area (Å²) < 4.78 is 0. The molecule has 0 aromatic rings. The third-order valence-electron chi connectivity index (χ3n) is 1.74. The van der Waals surface area contributed by atoms with E-state index in [0.717, 1.165) is 0 Å². The Kier molecular flexibility index (Phi) is 18.2. The van der Waals surface area contributed by atoms with Crippen molar-refractivity contribution in [2.24, 2.45) is 0 Å². The fourth-order valence-corrected chi connectivity index (χ4v) is 1.06. The van der Waals surface area contributed by atoms with Crippen LogP contribution in [0.5, 0.6) is 0 Å². The first kappa shape index (κ1) is 23.0. The Bertz CT molecular complexity index is 271. The van der Waals surface area contributed by atoms with Crippen molar-refractivity contribution in [1.82, 2.24) is 0 Å². The van der Waals surface area contributed by atoms with Crippen LogP contribution in [-0.2, 0) is 19.2 Å². The molecule has 19 heavy (non-hydrogen) atoms. The molecule has 0 rings (SSSR count). The van der Waals surface area contributed by atoms with Crippen LogP contribution >= 0.6 is 0 Å². The van der Waals surface area contributed by atoms with Crippen LogP contribution in [0.15, 0.2) is 0 Å². The second-order valence-corrected chi connectivity index (χ2v) is 3.67. The summed E-state index contributed by atoms with van der Waals surface area (Å²) in [6.07, 6.45) is 1.21. The number of carboxylic acids is 2. The molecule has 0 aliphatic carbocycles. The average molecular weight is 328 g/mol. The molecule has 6 nitrogen and oxygen atoms in total. The van der Waals surface area contributed by atoms with Gasteiger partial charge in [-0.2, -0.15) is 0 Å². The van der Waals surface area contributed by atoms with Crippen LogP contribution in [0, 0.1) is 0 Å². The maximum Gasteiger partial charge on any atom is 0.138 e. The summed E-state index contributed by atoms with van der Waals surface area (Å²) in [5.41, 5.74) is 0. The average Bonchev–Trinajstić information content (AvgIpc) is 2.16. The third-order valence-corrected chi connectivity index (χ3v) is 1.74. The van der Waals surface area contributed by atoms with Crippen LogP contribution in [0.2, 0.25) is 0 Å². The quantitative estimate of drug-likeness (QED) is 0.400. The largest absolute Gasteiger partial charge is 0.550 e. The summed E-state index contributed by atoms with van der Waals surface area (Å²) in [5.74, 6) is -3.07. The predicted octanol–water partition coefficient (Wildman–Crippen LogP) is -1.39. The van der Waals surface area contributed by atoms with Gasteiger partial charge >= 0.3 is 0 Å². The number of hydrogen-bond donors (Lipinski definition) is 0. The molecule has 0 bridgehead atoms. The van der Waals surface area contributed by atoms with Crippen LogP contribution in [0.3, 0.4) is 0 Å². The van der Waals surface area contributed by atoms with Crippen molar-refractivity contribution in [3.63, 3.8) is 0 Å². The van der Waals surface area contributed by atoms with E-state index in [4.69, 9.17) is 0 Å². The fraction of sp³-hybridized carbons (Fsp3) is 0.667. The van der Waals surface area contributed by atoms with Gasteiger partial charge in [0.25, 0.3) is 0 Å². The van der Waals surface area contributed by atoms with E-state index in [0.29, 0.717) is 25.7 Å². The molecule has 0 aliphatic heterocycles. The van der Waals surface area contributed by atoms with Crippen molar-refractivity contribution in [3.8, 4) is 0 Å². The predicted molar refractivity (Wildman–Crippen MR) is 64.8 cm³/mol. The van der Waals surface area contributed by atoms with E-state index in [-0.39, 0.29) is 31.4 Å². The molecule has 0 saturated heterocycles. The van der Waals surface area contributed by atoms with Crippen LogP contribution < -0.4 is 10.2 Å². The number of ketones is 2. The van der Waals surface area contributed by atoms with E-state index in [9.17, 15) is 29.4 Å². The Morgan fingerprint density at radius 1 is 0.737 bits per heavy atom. The summed E-state index contributed by atoms with van der Waals surface area (Å²) in [6, 6.07) is 0. The molecular formula is C12H18GaO6-2. The van der Waals surface area contributed by atoms with E-state index in [1.807, 2.05) is 13.8 Å². The first-order valence-electron chi connectivity index (χ1n) is 5.76. The molecule has 0 saturated carbocycles. The second kappa shape index (κ2) is 15.0. The van der Waals surface area contributed by atoms with Gasteiger partial charge in [-0.1, -0.05) is 13.8 Å². The van der Waals surface area contributed by atoms with Crippen LogP contribution in [0.4, 0.5) is 0 Å². The Hall–Kier alpha value is -1.08. The number of rotatable bonds is 8. The molecule has 0 aromatic carbocycles. The minimum atomic E-state index is -1.28. The first-order valence-corrected chi connectivity index (χ1v) is 5.76. The summed E-state index contributed by atoms with van der Waals surface area (Å²) in [7, 11) is 0. The van der Waals surface area contributed by atoms with Gasteiger partial charge < -0.3 is 19.8 Å². The third kappa shape index (κ3) is 22.6. The summed E-state index contributed by atoms with van der Waals surface area (Å²) in [5, 5.41) is 19.5. The van der Waals surface area contributed by atoms with Crippen LogP contribution in [0.1, 0.15) is 52.4 Å². The van der Waals surface area contributed by atoms with Crippen molar-refractivity contribution >= 4 is 43.3 Å². The van der Waals surface area contributed by atoms with Crippen molar-refractivity contribution < 1.29 is 29.4 Å². The van der Waals surface area contributed by atoms with Gasteiger partial charge in [-0.3, -0.25) is 9.59 Å². The Morgan fingerprint density at radius 2 is 1.00 bits per heavy atom. The summed E-state index contributed by atoms with van der Waals surface area (Å²) in [4.78, 5) is 40.4. The van der Waals surface area contributed by atoms with Gasteiger partial charge in [0.15, 0.2) is 0 Å². The van der Waals surface area contributed by atoms with E-state index in [1.54, 1.807) is 0 Å². The zero-order valence-corrected chi connectivity index (χ0v) is 13.7. The van der Waals surface area contributed by atoms with Gasteiger partial charge in [0.1, 0.15) is 11.6 Å². The molecule has 0 atom stereocenters. The number of carboxylic acid groups (broad SMARTS) is 2. The van der Waals surface area contributed by atoms with Gasteiger partial charge in [0, 0.05) is 57.4 Å². The molecule has 0 heterocycles. The van der Waals surface area contributed by atoms with E-state index in [1.165, 1.54) is 0 Å². The molecule has 0 unspecified atom stereocenters. The van der Waals surface area contributed by atoms with Gasteiger partial charge in [-0.15, -0.1) is 0 Å². The zero-order chi connectivity index (χ0) is 14.6. The van der Waals surface area contributed by atoms with Gasteiger partial charge in [-0.25, -0.2) is 0 Å². The molecule has 0 aromatic heterocycles. The van der Waals surface area contributed by atoms with E-state index < -0.39 is 24.8 Å². The van der Waals surface area contributed by atoms with Crippen molar-refractivity contribution in [1.29, 1.82) is 0 Å². The van der Waals surface area contributed by atoms with Crippen LogP contribution in [-0.4, -0.2) is 43.3 Å². The topological polar surface area (TPSA) is 114 Å². The van der Waals surface area contributed by atoms with E-state index in [2.05, 4.69) is 0 Å². The normalized spacial score (nSPS) is 8.53. The Balaban J connectivity index is -0.000000256. The summed E-state index contributed by atoms with van der Waals surface area (Å²) in [6.45, 7) is 3.65. The second-order valence-electron chi connectivity index (χ2n) is 3.67. The van der Waals surface area contributed by atoms with Crippen LogP contribution in [0.25, 0.3) is 0 Å². The Labute approximate surface area is 125 Å². The van der Waals surface area contributed by atoms with Crippen molar-refractivity contribution in [2.45, 2.75) is 52.4 Å². The first-order chi connectivity index (χ1) is 8.33. The standard InChI is InChI=1S/2C6H10O3.Ga/c2*1-2-3-5(7)4-6(8)9;/h2*2-4H2,1H3,(H,8,9);/p-2. The van der Waals surface area contributed by atoms with Gasteiger partial charge in [-0.05, 0) is 12.8 Å². The molecule has 107 valence electrons. The fourth-order valence-electron chi connectivity index (χ4n) is 1.06. The maximum absolute atomic E-state index is 10.4. The number of hydrogen-bond acceptors (Lipinski definition) is 6. The number of carbonyl (C=O) groups is 4. The van der Waals surface area contributed by atoms with Gasteiger partial charge in [0.2, 0.25) is 0 Å². The zero-order valence-electron chi connectivity index (χ0n) is 11.3.